The van der Waals surface area contributed by atoms with Crippen LogP contribution in [0.15, 0.2) is 6.20 Å². The van der Waals surface area contributed by atoms with Gasteiger partial charge >= 0.3 is 0 Å². The van der Waals surface area contributed by atoms with Crippen LogP contribution in [0.5, 0.6) is 5.88 Å². The minimum Gasteiger partial charge on any atom is -0.479 e. The van der Waals surface area contributed by atoms with E-state index < -0.39 is 5.82 Å². The second kappa shape index (κ2) is 6.81. The van der Waals surface area contributed by atoms with E-state index in [0.29, 0.717) is 12.0 Å². The summed E-state index contributed by atoms with van der Waals surface area (Å²) in [5, 5.41) is 0. The van der Waals surface area contributed by atoms with E-state index in [9.17, 15) is 4.39 Å². The summed E-state index contributed by atoms with van der Waals surface area (Å²) in [5.74, 6) is -0.116. The number of anilines is 1. The lowest BCUT2D eigenvalue weighted by molar-refractivity contribution is 0.0217. The Morgan fingerprint density at radius 1 is 1.50 bits per heavy atom. The lowest BCUT2D eigenvalue weighted by Crippen LogP contribution is -2.47. The normalized spacial score (nSPS) is 17.8. The third kappa shape index (κ3) is 3.55. The molecule has 112 valence electrons. The number of nitrogens with zero attached hydrogens (tertiary/aromatic N) is 4. The van der Waals surface area contributed by atoms with Gasteiger partial charge in [-0.3, -0.25) is 4.90 Å². The van der Waals surface area contributed by atoms with Gasteiger partial charge in [0.2, 0.25) is 11.8 Å². The first-order valence-corrected chi connectivity index (χ1v) is 6.71. The molecule has 1 saturated heterocycles. The van der Waals surface area contributed by atoms with E-state index in [4.69, 9.17) is 9.47 Å². The fourth-order valence-electron chi connectivity index (χ4n) is 2.28. The molecule has 0 N–H and O–H groups in total. The summed E-state index contributed by atoms with van der Waals surface area (Å²) in [7, 11) is 3.29. The maximum Gasteiger partial charge on any atom is 0.255 e. The van der Waals surface area contributed by atoms with Crippen molar-refractivity contribution in [2.45, 2.75) is 13.0 Å². The highest BCUT2D eigenvalue weighted by molar-refractivity contribution is 5.31. The second-order valence-corrected chi connectivity index (χ2v) is 4.91. The van der Waals surface area contributed by atoms with Gasteiger partial charge in [0.1, 0.15) is 0 Å². The molecule has 1 aliphatic rings. The fraction of sp³-hybridized carbons (Fsp3) is 0.692. The molecule has 2 rings (SSSR count). The van der Waals surface area contributed by atoms with Crippen LogP contribution in [0.3, 0.4) is 0 Å². The lowest BCUT2D eigenvalue weighted by Gasteiger charge is -2.34. The van der Waals surface area contributed by atoms with Crippen LogP contribution in [0.4, 0.5) is 10.3 Å². The number of hydrogen-bond donors (Lipinski definition) is 0. The minimum atomic E-state index is -0.550. The molecule has 0 radical (unpaired) electrons. The Kier molecular flexibility index (Phi) is 5.08. The average molecular weight is 284 g/mol. The van der Waals surface area contributed by atoms with Crippen LogP contribution in [0, 0.1) is 5.82 Å². The quantitative estimate of drug-likeness (QED) is 0.796. The van der Waals surface area contributed by atoms with Gasteiger partial charge in [-0.25, -0.2) is 4.98 Å². The number of halogens is 1. The molecule has 6 nitrogen and oxygen atoms in total. The zero-order chi connectivity index (χ0) is 14.5. The molecule has 0 saturated carbocycles. The summed E-state index contributed by atoms with van der Waals surface area (Å²) < 4.78 is 23.5. The van der Waals surface area contributed by atoms with Gasteiger partial charge in [-0.05, 0) is 6.92 Å². The SMILES string of the molecule is COc1nc(N(C)CC(C)N2CCOCC2)ncc1F. The van der Waals surface area contributed by atoms with Crippen molar-refractivity contribution in [2.24, 2.45) is 0 Å². The number of methoxy groups -OCH3 is 1. The maximum absolute atomic E-state index is 13.3. The highest BCUT2D eigenvalue weighted by Gasteiger charge is 2.20. The van der Waals surface area contributed by atoms with E-state index in [1.807, 2.05) is 11.9 Å². The average Bonchev–Trinajstić information content (AvgIpc) is 2.48. The molecule has 1 aromatic rings. The highest BCUT2D eigenvalue weighted by atomic mass is 19.1. The van der Waals surface area contributed by atoms with Gasteiger partial charge in [-0.15, -0.1) is 0 Å². The van der Waals surface area contributed by atoms with Crippen LogP contribution in [0.25, 0.3) is 0 Å². The van der Waals surface area contributed by atoms with Crippen LogP contribution in [0.1, 0.15) is 6.92 Å². The first kappa shape index (κ1) is 14.9. The first-order chi connectivity index (χ1) is 9.61. The molecule has 0 aromatic carbocycles. The topological polar surface area (TPSA) is 50.7 Å². The molecule has 1 aliphatic heterocycles. The number of morpholine rings is 1. The Hall–Kier alpha value is -1.47. The molecule has 1 unspecified atom stereocenters. The van der Waals surface area contributed by atoms with Crippen molar-refractivity contribution in [3.63, 3.8) is 0 Å². The van der Waals surface area contributed by atoms with Gasteiger partial charge in [0.25, 0.3) is 5.88 Å². The van der Waals surface area contributed by atoms with Crippen LogP contribution >= 0.6 is 0 Å². The van der Waals surface area contributed by atoms with Gasteiger partial charge in [0.15, 0.2) is 0 Å². The van der Waals surface area contributed by atoms with Crippen LogP contribution < -0.4 is 9.64 Å². The van der Waals surface area contributed by atoms with Gasteiger partial charge in [-0.1, -0.05) is 0 Å². The Labute approximate surface area is 118 Å². The summed E-state index contributed by atoms with van der Waals surface area (Å²) in [6, 6.07) is 0.351. The van der Waals surface area contributed by atoms with E-state index in [2.05, 4.69) is 21.8 Å². The molecule has 0 aliphatic carbocycles. The molecular formula is C13H21FN4O2. The standard InChI is InChI=1S/C13H21FN4O2/c1-10(18-4-6-20-7-5-18)9-17(2)13-15-8-11(14)12(16-13)19-3/h8,10H,4-7,9H2,1-3H3. The monoisotopic (exact) mass is 284 g/mol. The number of likely N-dealkylation sites (N-methyl/N-ethyl adjacent to an activating group) is 1. The maximum atomic E-state index is 13.3. The van der Waals surface area contributed by atoms with Crippen molar-refractivity contribution in [1.82, 2.24) is 14.9 Å². The van der Waals surface area contributed by atoms with Crippen molar-refractivity contribution < 1.29 is 13.9 Å². The Bertz CT molecular complexity index is 440. The molecule has 1 aromatic heterocycles. The van der Waals surface area contributed by atoms with Gasteiger partial charge in [0, 0.05) is 32.7 Å². The number of aromatic nitrogens is 2. The first-order valence-electron chi connectivity index (χ1n) is 6.71. The van der Waals surface area contributed by atoms with E-state index in [1.165, 1.54) is 7.11 Å². The molecule has 0 amide bonds. The van der Waals surface area contributed by atoms with Crippen molar-refractivity contribution >= 4 is 5.95 Å². The zero-order valence-electron chi connectivity index (χ0n) is 12.2. The van der Waals surface area contributed by atoms with Crippen molar-refractivity contribution in [3.8, 4) is 5.88 Å². The van der Waals surface area contributed by atoms with Crippen molar-refractivity contribution in [1.29, 1.82) is 0 Å². The molecule has 2 heterocycles. The Balaban J connectivity index is 1.98. The predicted molar refractivity (Wildman–Crippen MR) is 73.7 cm³/mol. The highest BCUT2D eigenvalue weighted by Crippen LogP contribution is 2.16. The largest absolute Gasteiger partial charge is 0.479 e. The fourth-order valence-corrected chi connectivity index (χ4v) is 2.28. The summed E-state index contributed by atoms with van der Waals surface area (Å²) in [4.78, 5) is 12.3. The lowest BCUT2D eigenvalue weighted by atomic mass is 10.2. The third-order valence-corrected chi connectivity index (χ3v) is 3.44. The number of ether oxygens (including phenoxy) is 2. The Morgan fingerprint density at radius 3 is 2.85 bits per heavy atom. The molecule has 0 spiro atoms. The molecule has 0 bridgehead atoms. The van der Waals surface area contributed by atoms with Crippen LogP contribution in [-0.2, 0) is 4.74 Å². The summed E-state index contributed by atoms with van der Waals surface area (Å²) in [5.41, 5.74) is 0. The summed E-state index contributed by atoms with van der Waals surface area (Å²) in [6.45, 7) is 6.33. The molecule has 1 fully saturated rings. The molecular weight excluding hydrogens is 263 g/mol. The predicted octanol–water partition coefficient (Wildman–Crippen LogP) is 0.781. The molecule has 1 atom stereocenters. The minimum absolute atomic E-state index is 0.0270. The second-order valence-electron chi connectivity index (χ2n) is 4.91. The van der Waals surface area contributed by atoms with Crippen molar-refractivity contribution in [2.75, 3.05) is 51.9 Å². The van der Waals surface area contributed by atoms with E-state index >= 15 is 0 Å². The van der Waals surface area contributed by atoms with Gasteiger partial charge in [-0.2, -0.15) is 9.37 Å². The Morgan fingerprint density at radius 2 is 2.20 bits per heavy atom. The summed E-state index contributed by atoms with van der Waals surface area (Å²) in [6.07, 6.45) is 1.14. The summed E-state index contributed by atoms with van der Waals surface area (Å²) >= 11 is 0. The molecule has 7 heteroatoms. The van der Waals surface area contributed by atoms with Crippen LogP contribution in [0.2, 0.25) is 0 Å². The van der Waals surface area contributed by atoms with Gasteiger partial charge in [0.05, 0.1) is 26.5 Å². The smallest absolute Gasteiger partial charge is 0.255 e. The van der Waals surface area contributed by atoms with Gasteiger partial charge < -0.3 is 14.4 Å². The van der Waals surface area contributed by atoms with E-state index in [0.717, 1.165) is 39.0 Å². The third-order valence-electron chi connectivity index (χ3n) is 3.44. The van der Waals surface area contributed by atoms with Crippen LogP contribution in [-0.4, -0.2) is 67.9 Å². The number of rotatable bonds is 5. The molecule has 20 heavy (non-hydrogen) atoms. The zero-order valence-corrected chi connectivity index (χ0v) is 12.2. The van der Waals surface area contributed by atoms with Crippen molar-refractivity contribution in [3.05, 3.63) is 12.0 Å². The van der Waals surface area contributed by atoms with E-state index in [1.54, 1.807) is 0 Å². The number of hydrogen-bond acceptors (Lipinski definition) is 6. The van der Waals surface area contributed by atoms with E-state index in [-0.39, 0.29) is 5.88 Å².